The Hall–Kier alpha value is -2.44. The molecule has 3 rings (SSSR count). The summed E-state index contributed by atoms with van der Waals surface area (Å²) in [6, 6.07) is 10.8. The first-order valence-electron chi connectivity index (χ1n) is 6.68. The SMILES string of the molecule is COc1ccc(-c2csc(NC(=O)c3ccc(Cl)nc3)n2)cc1. The summed E-state index contributed by atoms with van der Waals surface area (Å²) in [6.07, 6.45) is 1.43. The number of hydrogen-bond donors (Lipinski definition) is 1. The molecule has 0 saturated heterocycles. The monoisotopic (exact) mass is 345 g/mol. The van der Waals surface area contributed by atoms with Gasteiger partial charge in [-0.1, -0.05) is 11.6 Å². The van der Waals surface area contributed by atoms with Crippen molar-refractivity contribution in [2.75, 3.05) is 12.4 Å². The van der Waals surface area contributed by atoms with Crippen molar-refractivity contribution < 1.29 is 9.53 Å². The number of ether oxygens (including phenoxy) is 1. The first-order valence-corrected chi connectivity index (χ1v) is 7.94. The number of hydrogen-bond acceptors (Lipinski definition) is 5. The fourth-order valence-corrected chi connectivity index (χ4v) is 2.73. The molecule has 0 fully saturated rings. The maximum absolute atomic E-state index is 12.1. The fraction of sp³-hybridized carbons (Fsp3) is 0.0625. The lowest BCUT2D eigenvalue weighted by Crippen LogP contribution is -2.11. The van der Waals surface area contributed by atoms with Crippen molar-refractivity contribution in [3.63, 3.8) is 0 Å². The van der Waals surface area contributed by atoms with Crippen molar-refractivity contribution >= 4 is 34.0 Å². The number of methoxy groups -OCH3 is 1. The van der Waals surface area contributed by atoms with Gasteiger partial charge in [0.25, 0.3) is 5.91 Å². The molecule has 0 bridgehead atoms. The van der Waals surface area contributed by atoms with Crippen LogP contribution in [-0.4, -0.2) is 23.0 Å². The quantitative estimate of drug-likeness (QED) is 0.722. The number of carbonyl (C=O) groups is 1. The third kappa shape index (κ3) is 3.67. The van der Waals surface area contributed by atoms with E-state index in [0.29, 0.717) is 15.8 Å². The second kappa shape index (κ2) is 6.76. The van der Waals surface area contributed by atoms with Gasteiger partial charge < -0.3 is 4.74 Å². The Bertz CT molecular complexity index is 816. The van der Waals surface area contributed by atoms with E-state index in [1.54, 1.807) is 19.2 Å². The van der Waals surface area contributed by atoms with Gasteiger partial charge in [-0.05, 0) is 36.4 Å². The summed E-state index contributed by atoms with van der Waals surface area (Å²) in [6.45, 7) is 0. The highest BCUT2D eigenvalue weighted by Crippen LogP contribution is 2.26. The second-order valence-corrected chi connectivity index (χ2v) is 5.84. The van der Waals surface area contributed by atoms with Crippen molar-refractivity contribution in [2.24, 2.45) is 0 Å². The van der Waals surface area contributed by atoms with E-state index in [4.69, 9.17) is 16.3 Å². The van der Waals surface area contributed by atoms with Crippen molar-refractivity contribution in [3.8, 4) is 17.0 Å². The topological polar surface area (TPSA) is 64.1 Å². The minimum Gasteiger partial charge on any atom is -0.497 e. The van der Waals surface area contributed by atoms with E-state index in [1.807, 2.05) is 29.6 Å². The van der Waals surface area contributed by atoms with Gasteiger partial charge in [-0.2, -0.15) is 0 Å². The molecule has 0 aliphatic rings. The van der Waals surface area contributed by atoms with E-state index in [1.165, 1.54) is 17.5 Å². The average molecular weight is 346 g/mol. The van der Waals surface area contributed by atoms with E-state index >= 15 is 0 Å². The molecule has 0 spiro atoms. The standard InChI is InChI=1S/C16H12ClN3O2S/c1-22-12-5-2-10(3-6-12)13-9-23-16(19-13)20-15(21)11-4-7-14(17)18-8-11/h2-9H,1H3,(H,19,20,21). The number of amides is 1. The molecule has 3 aromatic rings. The third-order valence-corrected chi connectivity index (χ3v) is 4.08. The summed E-state index contributed by atoms with van der Waals surface area (Å²) in [7, 11) is 1.62. The predicted octanol–water partition coefficient (Wildman–Crippen LogP) is 4.12. The van der Waals surface area contributed by atoms with Gasteiger partial charge in [0.2, 0.25) is 0 Å². The van der Waals surface area contributed by atoms with Gasteiger partial charge in [0.1, 0.15) is 10.9 Å². The molecule has 0 unspecified atom stereocenters. The Kier molecular flexibility index (Phi) is 4.55. The zero-order valence-electron chi connectivity index (χ0n) is 12.1. The lowest BCUT2D eigenvalue weighted by Gasteiger charge is -2.02. The van der Waals surface area contributed by atoms with Crippen LogP contribution in [0.15, 0.2) is 48.0 Å². The number of aromatic nitrogens is 2. The maximum Gasteiger partial charge on any atom is 0.259 e. The first-order chi connectivity index (χ1) is 11.2. The molecule has 1 aromatic carbocycles. The molecule has 1 N–H and O–H groups in total. The highest BCUT2D eigenvalue weighted by atomic mass is 35.5. The van der Waals surface area contributed by atoms with Crippen LogP contribution in [-0.2, 0) is 0 Å². The molecule has 0 saturated carbocycles. The number of thiazole rings is 1. The van der Waals surface area contributed by atoms with E-state index in [2.05, 4.69) is 15.3 Å². The molecular weight excluding hydrogens is 334 g/mol. The molecule has 7 heteroatoms. The Balaban J connectivity index is 1.73. The third-order valence-electron chi connectivity index (χ3n) is 3.10. The van der Waals surface area contributed by atoms with Gasteiger partial charge in [-0.15, -0.1) is 11.3 Å². The van der Waals surface area contributed by atoms with Gasteiger partial charge in [0, 0.05) is 17.1 Å². The molecule has 116 valence electrons. The molecular formula is C16H12ClN3O2S. The van der Waals surface area contributed by atoms with Crippen molar-refractivity contribution in [1.29, 1.82) is 0 Å². The summed E-state index contributed by atoms with van der Waals surface area (Å²) in [4.78, 5) is 20.4. The normalized spacial score (nSPS) is 10.3. The number of benzene rings is 1. The zero-order chi connectivity index (χ0) is 16.2. The lowest BCUT2D eigenvalue weighted by molar-refractivity contribution is 0.102. The van der Waals surface area contributed by atoms with Gasteiger partial charge >= 0.3 is 0 Å². The van der Waals surface area contributed by atoms with Crippen LogP contribution in [0.25, 0.3) is 11.3 Å². The van der Waals surface area contributed by atoms with E-state index in [9.17, 15) is 4.79 Å². The summed E-state index contributed by atoms with van der Waals surface area (Å²) < 4.78 is 5.13. The van der Waals surface area contributed by atoms with Crippen LogP contribution >= 0.6 is 22.9 Å². The summed E-state index contributed by atoms with van der Waals surface area (Å²) >= 11 is 7.07. The number of anilines is 1. The number of halogens is 1. The van der Waals surface area contributed by atoms with Gasteiger partial charge in [0.15, 0.2) is 5.13 Å². The molecule has 0 atom stereocenters. The van der Waals surface area contributed by atoms with Crippen molar-refractivity contribution in [2.45, 2.75) is 0 Å². The van der Waals surface area contributed by atoms with Crippen LogP contribution in [0.2, 0.25) is 5.15 Å². The van der Waals surface area contributed by atoms with Crippen LogP contribution < -0.4 is 10.1 Å². The van der Waals surface area contributed by atoms with Crippen LogP contribution in [0.1, 0.15) is 10.4 Å². The Morgan fingerprint density at radius 3 is 2.65 bits per heavy atom. The van der Waals surface area contributed by atoms with Crippen LogP contribution in [0, 0.1) is 0 Å². The number of carbonyl (C=O) groups excluding carboxylic acids is 1. The van der Waals surface area contributed by atoms with E-state index < -0.39 is 0 Å². The summed E-state index contributed by atoms with van der Waals surface area (Å²) in [5.74, 6) is 0.512. The molecule has 0 radical (unpaired) electrons. The van der Waals surface area contributed by atoms with Gasteiger partial charge in [0.05, 0.1) is 18.4 Å². The minimum atomic E-state index is -0.273. The van der Waals surface area contributed by atoms with Crippen LogP contribution in [0.4, 0.5) is 5.13 Å². The smallest absolute Gasteiger partial charge is 0.259 e. The molecule has 1 amide bonds. The maximum atomic E-state index is 12.1. The van der Waals surface area contributed by atoms with Crippen LogP contribution in [0.3, 0.4) is 0 Å². The van der Waals surface area contributed by atoms with Gasteiger partial charge in [-0.3, -0.25) is 10.1 Å². The first kappa shape index (κ1) is 15.5. The number of nitrogens with zero attached hydrogens (tertiary/aromatic N) is 2. The summed E-state index contributed by atoms with van der Waals surface area (Å²) in [5, 5.41) is 5.51. The molecule has 0 aliphatic carbocycles. The predicted molar refractivity (Wildman–Crippen MR) is 91.3 cm³/mol. The minimum absolute atomic E-state index is 0.273. The van der Waals surface area contributed by atoms with Crippen LogP contribution in [0.5, 0.6) is 5.75 Å². The Morgan fingerprint density at radius 1 is 1.22 bits per heavy atom. The zero-order valence-corrected chi connectivity index (χ0v) is 13.7. The molecule has 2 aromatic heterocycles. The lowest BCUT2D eigenvalue weighted by atomic mass is 10.2. The average Bonchev–Trinajstić information content (AvgIpc) is 3.04. The highest BCUT2D eigenvalue weighted by molar-refractivity contribution is 7.14. The van der Waals surface area contributed by atoms with Crippen molar-refractivity contribution in [3.05, 3.63) is 58.7 Å². The molecule has 5 nitrogen and oxygen atoms in total. The second-order valence-electron chi connectivity index (χ2n) is 4.59. The number of rotatable bonds is 4. The Morgan fingerprint density at radius 2 is 2.00 bits per heavy atom. The fourth-order valence-electron chi connectivity index (χ4n) is 1.90. The number of nitrogens with one attached hydrogen (secondary N) is 1. The largest absolute Gasteiger partial charge is 0.497 e. The summed E-state index contributed by atoms with van der Waals surface area (Å²) in [5.41, 5.74) is 2.17. The molecule has 0 aliphatic heterocycles. The number of pyridine rings is 1. The van der Waals surface area contributed by atoms with Gasteiger partial charge in [-0.25, -0.2) is 9.97 Å². The van der Waals surface area contributed by atoms with E-state index in [0.717, 1.165) is 17.0 Å². The van der Waals surface area contributed by atoms with Crippen molar-refractivity contribution in [1.82, 2.24) is 9.97 Å². The van der Waals surface area contributed by atoms with E-state index in [-0.39, 0.29) is 5.91 Å². The molecule has 2 heterocycles. The Labute approximate surface area is 141 Å². The molecule has 23 heavy (non-hydrogen) atoms. The highest BCUT2D eigenvalue weighted by Gasteiger charge is 2.10.